The Hall–Kier alpha value is -3.02. The molecule has 1 atom stereocenters. The van der Waals surface area contributed by atoms with Crippen molar-refractivity contribution in [2.24, 2.45) is 0 Å². The van der Waals surface area contributed by atoms with Crippen LogP contribution in [0.25, 0.3) is 10.9 Å². The molecule has 3 rings (SSSR count). The molecule has 0 aliphatic carbocycles. The number of benzene rings is 2. The number of ketones is 1. The van der Waals surface area contributed by atoms with E-state index in [9.17, 15) is 18.4 Å². The fourth-order valence-electron chi connectivity index (χ4n) is 2.81. The lowest BCUT2D eigenvalue weighted by molar-refractivity contribution is -0.117. The number of carbonyl (C=O) groups excluding carboxylic acids is 2. The Bertz CT molecular complexity index is 979. The molecule has 128 valence electrons. The summed E-state index contributed by atoms with van der Waals surface area (Å²) in [6, 6.07) is 9.91. The Labute approximate surface area is 142 Å². The number of hydrogen-bond acceptors (Lipinski definition) is 2. The zero-order chi connectivity index (χ0) is 18.1. The van der Waals surface area contributed by atoms with E-state index in [1.165, 1.54) is 6.07 Å². The highest BCUT2D eigenvalue weighted by molar-refractivity contribution is 6.45. The van der Waals surface area contributed by atoms with Crippen molar-refractivity contribution in [1.82, 2.24) is 10.3 Å². The number of rotatable bonds is 4. The van der Waals surface area contributed by atoms with Gasteiger partial charge >= 0.3 is 0 Å². The second-order valence-electron chi connectivity index (χ2n) is 5.87. The van der Waals surface area contributed by atoms with Crippen molar-refractivity contribution >= 4 is 22.6 Å². The number of aromatic nitrogens is 1. The van der Waals surface area contributed by atoms with E-state index in [2.05, 4.69) is 10.3 Å². The summed E-state index contributed by atoms with van der Waals surface area (Å²) in [6.45, 7) is 3.32. The number of Topliss-reactive ketones (excluding diaryl/α,β-unsaturated/α-hetero) is 1. The number of H-pyrrole nitrogens is 1. The minimum Gasteiger partial charge on any atom is -0.358 e. The van der Waals surface area contributed by atoms with Gasteiger partial charge in [0, 0.05) is 16.6 Å². The van der Waals surface area contributed by atoms with Gasteiger partial charge in [-0.3, -0.25) is 9.59 Å². The van der Waals surface area contributed by atoms with Gasteiger partial charge in [0.05, 0.1) is 11.6 Å². The van der Waals surface area contributed by atoms with Gasteiger partial charge in [0.1, 0.15) is 0 Å². The van der Waals surface area contributed by atoms with Gasteiger partial charge < -0.3 is 10.3 Å². The Balaban J connectivity index is 1.83. The van der Waals surface area contributed by atoms with Gasteiger partial charge in [-0.2, -0.15) is 0 Å². The highest BCUT2D eigenvalue weighted by Crippen LogP contribution is 2.23. The first kappa shape index (κ1) is 16.8. The monoisotopic (exact) mass is 342 g/mol. The molecule has 6 heteroatoms. The highest BCUT2D eigenvalue weighted by Gasteiger charge is 2.24. The summed E-state index contributed by atoms with van der Waals surface area (Å²) in [5.74, 6) is -3.44. The largest absolute Gasteiger partial charge is 0.358 e. The molecule has 0 spiro atoms. The molecule has 0 bridgehead atoms. The molecule has 0 unspecified atom stereocenters. The Kier molecular flexibility index (Phi) is 4.35. The Morgan fingerprint density at radius 3 is 2.52 bits per heavy atom. The van der Waals surface area contributed by atoms with Crippen LogP contribution in [0.5, 0.6) is 0 Å². The van der Waals surface area contributed by atoms with E-state index in [1.807, 2.05) is 12.1 Å². The van der Waals surface area contributed by atoms with Gasteiger partial charge in [-0.15, -0.1) is 0 Å². The molecule has 2 N–H and O–H groups in total. The third-order valence-electron chi connectivity index (χ3n) is 4.12. The normalized spacial score (nSPS) is 12.2. The van der Waals surface area contributed by atoms with Gasteiger partial charge in [0.25, 0.3) is 11.7 Å². The minimum absolute atomic E-state index is 0.311. The molecule has 2 aromatic carbocycles. The predicted molar refractivity (Wildman–Crippen MR) is 90.3 cm³/mol. The number of hydrogen-bond donors (Lipinski definition) is 2. The summed E-state index contributed by atoms with van der Waals surface area (Å²) in [5, 5.41) is 3.20. The van der Waals surface area contributed by atoms with Crippen LogP contribution in [0.2, 0.25) is 0 Å². The quantitative estimate of drug-likeness (QED) is 0.559. The lowest BCUT2D eigenvalue weighted by atomic mass is 10.0. The van der Waals surface area contributed by atoms with E-state index < -0.39 is 29.4 Å². The van der Waals surface area contributed by atoms with Crippen molar-refractivity contribution in [2.45, 2.75) is 19.9 Å². The molecule has 3 aromatic rings. The van der Waals surface area contributed by atoms with Gasteiger partial charge in [-0.05, 0) is 37.6 Å². The SMILES string of the molecule is Cc1[nH]c2ccccc2c1C(=O)C(=O)N[C@H](C)c1ccc(F)c(F)c1. The van der Waals surface area contributed by atoms with E-state index in [1.54, 1.807) is 26.0 Å². The second kappa shape index (κ2) is 6.47. The maximum Gasteiger partial charge on any atom is 0.292 e. The van der Waals surface area contributed by atoms with Gasteiger partial charge in [0.2, 0.25) is 0 Å². The third-order valence-corrected chi connectivity index (χ3v) is 4.12. The van der Waals surface area contributed by atoms with Crippen molar-refractivity contribution in [3.05, 3.63) is 70.9 Å². The standard InChI is InChI=1S/C19H16F2N2O2/c1-10(12-7-8-14(20)15(21)9-12)23-19(25)18(24)17-11(2)22-16-6-4-3-5-13(16)17/h3-10,22H,1-2H3,(H,23,25)/t10-/m1/s1. The number of amides is 1. The van der Waals surface area contributed by atoms with Crippen LogP contribution in [0.1, 0.15) is 34.6 Å². The van der Waals surface area contributed by atoms with Crippen LogP contribution in [0.15, 0.2) is 42.5 Å². The summed E-state index contributed by atoms with van der Waals surface area (Å²) >= 11 is 0. The molecule has 0 saturated heterocycles. The number of para-hydroxylation sites is 1. The van der Waals surface area contributed by atoms with Crippen LogP contribution >= 0.6 is 0 Å². The summed E-state index contributed by atoms with van der Waals surface area (Å²) in [5.41, 5.74) is 2.05. The first-order valence-electron chi connectivity index (χ1n) is 7.76. The molecule has 0 fully saturated rings. The molecule has 0 aliphatic rings. The van der Waals surface area contributed by atoms with Crippen LogP contribution < -0.4 is 5.32 Å². The van der Waals surface area contributed by atoms with Crippen LogP contribution in [0.4, 0.5) is 8.78 Å². The molecule has 1 heterocycles. The van der Waals surface area contributed by atoms with Gasteiger partial charge in [-0.25, -0.2) is 8.78 Å². The average molecular weight is 342 g/mol. The van der Waals surface area contributed by atoms with Gasteiger partial charge in [-0.1, -0.05) is 24.3 Å². The predicted octanol–water partition coefficient (Wildman–Crippen LogP) is 3.81. The number of carbonyl (C=O) groups is 2. The van der Waals surface area contributed by atoms with E-state index >= 15 is 0 Å². The topological polar surface area (TPSA) is 62.0 Å². The smallest absolute Gasteiger partial charge is 0.292 e. The molecule has 0 aliphatic heterocycles. The van der Waals surface area contributed by atoms with Gasteiger partial charge in [0.15, 0.2) is 11.6 Å². The minimum atomic E-state index is -1.00. The van der Waals surface area contributed by atoms with E-state index in [4.69, 9.17) is 0 Å². The van der Waals surface area contributed by atoms with Crippen molar-refractivity contribution < 1.29 is 18.4 Å². The molecular formula is C19H16F2N2O2. The number of halogens is 2. The summed E-state index contributed by atoms with van der Waals surface area (Å²) in [4.78, 5) is 28.0. The Morgan fingerprint density at radius 1 is 1.08 bits per heavy atom. The Morgan fingerprint density at radius 2 is 1.80 bits per heavy atom. The zero-order valence-corrected chi connectivity index (χ0v) is 13.7. The van der Waals surface area contributed by atoms with E-state index in [0.29, 0.717) is 22.2 Å². The molecular weight excluding hydrogens is 326 g/mol. The van der Waals surface area contributed by atoms with Crippen LogP contribution in [-0.2, 0) is 4.79 Å². The number of aryl methyl sites for hydroxylation is 1. The number of fused-ring (bicyclic) bond motifs is 1. The maximum absolute atomic E-state index is 13.3. The first-order chi connectivity index (χ1) is 11.9. The fourth-order valence-corrected chi connectivity index (χ4v) is 2.81. The van der Waals surface area contributed by atoms with Crippen LogP contribution in [0.3, 0.4) is 0 Å². The summed E-state index contributed by atoms with van der Waals surface area (Å²) in [6.07, 6.45) is 0. The molecule has 0 radical (unpaired) electrons. The van der Waals surface area contributed by atoms with Crippen LogP contribution in [-0.4, -0.2) is 16.7 Å². The molecule has 25 heavy (non-hydrogen) atoms. The van der Waals surface area contributed by atoms with E-state index in [0.717, 1.165) is 17.6 Å². The lowest BCUT2D eigenvalue weighted by Gasteiger charge is -2.14. The number of nitrogens with one attached hydrogen (secondary N) is 2. The fraction of sp³-hybridized carbons (Fsp3) is 0.158. The third kappa shape index (κ3) is 3.15. The lowest BCUT2D eigenvalue weighted by Crippen LogP contribution is -2.33. The summed E-state index contributed by atoms with van der Waals surface area (Å²) < 4.78 is 26.3. The second-order valence-corrected chi connectivity index (χ2v) is 5.87. The van der Waals surface area contributed by atoms with Crippen molar-refractivity contribution in [3.63, 3.8) is 0 Å². The van der Waals surface area contributed by atoms with E-state index in [-0.39, 0.29) is 0 Å². The summed E-state index contributed by atoms with van der Waals surface area (Å²) in [7, 11) is 0. The zero-order valence-electron chi connectivity index (χ0n) is 13.7. The average Bonchev–Trinajstić information content (AvgIpc) is 2.92. The number of aromatic amines is 1. The van der Waals surface area contributed by atoms with Crippen LogP contribution in [0, 0.1) is 18.6 Å². The first-order valence-corrected chi connectivity index (χ1v) is 7.76. The molecule has 1 aromatic heterocycles. The molecule has 4 nitrogen and oxygen atoms in total. The molecule has 1 amide bonds. The van der Waals surface area contributed by atoms with Crippen molar-refractivity contribution in [1.29, 1.82) is 0 Å². The molecule has 0 saturated carbocycles. The highest BCUT2D eigenvalue weighted by atomic mass is 19.2. The van der Waals surface area contributed by atoms with Crippen molar-refractivity contribution in [2.75, 3.05) is 0 Å². The van der Waals surface area contributed by atoms with Crippen molar-refractivity contribution in [3.8, 4) is 0 Å². The maximum atomic E-state index is 13.3.